The number of pyridine rings is 1. The highest BCUT2D eigenvalue weighted by molar-refractivity contribution is 6.30. The maximum Gasteiger partial charge on any atom is 0.237 e. The van der Waals surface area contributed by atoms with Crippen molar-refractivity contribution in [2.24, 2.45) is 0 Å². The number of ether oxygens (including phenoxy) is 3. The molecular formula is C27H30ClN7O3. The second-order valence-corrected chi connectivity index (χ2v) is 10.0. The van der Waals surface area contributed by atoms with Gasteiger partial charge in [0.25, 0.3) is 0 Å². The molecule has 0 saturated carbocycles. The third-order valence-electron chi connectivity index (χ3n) is 6.85. The van der Waals surface area contributed by atoms with E-state index < -0.39 is 0 Å². The number of methoxy groups -OCH3 is 1. The molecule has 38 heavy (non-hydrogen) atoms. The van der Waals surface area contributed by atoms with Gasteiger partial charge in [-0.2, -0.15) is 5.26 Å². The number of morpholine rings is 1. The molecule has 0 spiro atoms. The lowest BCUT2D eigenvalue weighted by molar-refractivity contribution is 0.0149. The minimum Gasteiger partial charge on any atom is -0.480 e. The molecule has 2 aliphatic rings. The summed E-state index contributed by atoms with van der Waals surface area (Å²) in [6.07, 6.45) is 3.18. The van der Waals surface area contributed by atoms with Gasteiger partial charge in [0.15, 0.2) is 0 Å². The Morgan fingerprint density at radius 2 is 2.11 bits per heavy atom. The van der Waals surface area contributed by atoms with E-state index in [-0.39, 0.29) is 5.41 Å². The molecule has 11 heteroatoms. The fourth-order valence-electron chi connectivity index (χ4n) is 4.75. The predicted molar refractivity (Wildman–Crippen MR) is 145 cm³/mol. The predicted octanol–water partition coefficient (Wildman–Crippen LogP) is 3.85. The molecule has 4 heterocycles. The van der Waals surface area contributed by atoms with E-state index in [0.717, 1.165) is 49.7 Å². The maximum absolute atomic E-state index is 9.92. The van der Waals surface area contributed by atoms with Crippen molar-refractivity contribution >= 4 is 28.9 Å². The quantitative estimate of drug-likeness (QED) is 0.391. The van der Waals surface area contributed by atoms with Crippen LogP contribution in [-0.2, 0) is 14.9 Å². The first-order valence-electron chi connectivity index (χ1n) is 12.5. The van der Waals surface area contributed by atoms with Gasteiger partial charge in [0.2, 0.25) is 11.8 Å². The number of rotatable bonds is 9. The SMILES string of the molecule is COc1ncc(Cl)cc1Nc1nccc(-c2cc(C#N)c3c(c2)C(C)(COCCN2CCOCC2)CN3)n1. The summed E-state index contributed by atoms with van der Waals surface area (Å²) in [5.41, 5.74) is 4.25. The minimum absolute atomic E-state index is 0.282. The Kier molecular flexibility index (Phi) is 7.90. The van der Waals surface area contributed by atoms with Crippen LogP contribution < -0.4 is 15.4 Å². The number of hydrogen-bond acceptors (Lipinski definition) is 10. The zero-order chi connectivity index (χ0) is 26.5. The summed E-state index contributed by atoms with van der Waals surface area (Å²) in [6.45, 7) is 8.37. The molecule has 0 bridgehead atoms. The van der Waals surface area contributed by atoms with Gasteiger partial charge < -0.3 is 24.8 Å². The van der Waals surface area contributed by atoms with E-state index in [9.17, 15) is 5.26 Å². The first kappa shape index (κ1) is 26.1. The number of nitrogens with one attached hydrogen (secondary N) is 2. The molecule has 2 N–H and O–H groups in total. The number of nitrogens with zero attached hydrogens (tertiary/aromatic N) is 5. The van der Waals surface area contributed by atoms with Gasteiger partial charge in [0.05, 0.1) is 55.5 Å². The normalized spacial score (nSPS) is 18.9. The van der Waals surface area contributed by atoms with Crippen LogP contribution in [0.5, 0.6) is 5.88 Å². The second-order valence-electron chi connectivity index (χ2n) is 9.58. The summed E-state index contributed by atoms with van der Waals surface area (Å²) < 4.78 is 16.9. The zero-order valence-corrected chi connectivity index (χ0v) is 22.2. The van der Waals surface area contributed by atoms with Crippen LogP contribution in [0.4, 0.5) is 17.3 Å². The topological polar surface area (TPSA) is 117 Å². The summed E-state index contributed by atoms with van der Waals surface area (Å²) in [4.78, 5) is 15.6. The van der Waals surface area contributed by atoms with E-state index in [1.54, 1.807) is 12.3 Å². The molecule has 3 aromatic rings. The second kappa shape index (κ2) is 11.5. The van der Waals surface area contributed by atoms with Crippen molar-refractivity contribution in [2.45, 2.75) is 12.3 Å². The van der Waals surface area contributed by atoms with Crippen molar-refractivity contribution in [1.29, 1.82) is 5.26 Å². The van der Waals surface area contributed by atoms with Crippen molar-refractivity contribution in [3.05, 3.63) is 52.8 Å². The molecule has 198 valence electrons. The fourth-order valence-corrected chi connectivity index (χ4v) is 4.90. The van der Waals surface area contributed by atoms with Gasteiger partial charge in [-0.3, -0.25) is 4.90 Å². The Labute approximate surface area is 226 Å². The summed E-state index contributed by atoms with van der Waals surface area (Å²) in [7, 11) is 1.53. The first-order valence-corrected chi connectivity index (χ1v) is 12.9. The van der Waals surface area contributed by atoms with Crippen LogP contribution in [-0.4, -0.2) is 79.6 Å². The Morgan fingerprint density at radius 3 is 2.89 bits per heavy atom. The van der Waals surface area contributed by atoms with Crippen molar-refractivity contribution < 1.29 is 14.2 Å². The number of nitriles is 1. The molecule has 1 unspecified atom stereocenters. The molecule has 0 aliphatic carbocycles. The summed E-state index contributed by atoms with van der Waals surface area (Å²) in [5.74, 6) is 0.736. The number of aromatic nitrogens is 3. The van der Waals surface area contributed by atoms with Crippen LogP contribution in [0.1, 0.15) is 18.1 Å². The minimum atomic E-state index is -0.282. The van der Waals surface area contributed by atoms with Crippen LogP contribution in [0, 0.1) is 11.3 Å². The lowest BCUT2D eigenvalue weighted by atomic mass is 9.83. The highest BCUT2D eigenvalue weighted by atomic mass is 35.5. The highest BCUT2D eigenvalue weighted by Crippen LogP contribution is 2.41. The van der Waals surface area contributed by atoms with Gasteiger partial charge in [0.1, 0.15) is 11.8 Å². The number of halogens is 1. The third-order valence-corrected chi connectivity index (χ3v) is 7.06. The Balaban J connectivity index is 1.36. The number of hydrogen-bond donors (Lipinski definition) is 2. The number of benzene rings is 1. The third kappa shape index (κ3) is 5.66. The molecule has 2 aliphatic heterocycles. The van der Waals surface area contributed by atoms with Gasteiger partial charge in [0, 0.05) is 49.6 Å². The largest absolute Gasteiger partial charge is 0.480 e. The van der Waals surface area contributed by atoms with Crippen molar-refractivity contribution in [1.82, 2.24) is 19.9 Å². The van der Waals surface area contributed by atoms with Crippen LogP contribution >= 0.6 is 11.6 Å². The van der Waals surface area contributed by atoms with Crippen LogP contribution in [0.15, 0.2) is 36.7 Å². The zero-order valence-electron chi connectivity index (χ0n) is 21.5. The van der Waals surface area contributed by atoms with Crippen molar-refractivity contribution in [3.63, 3.8) is 0 Å². The molecular weight excluding hydrogens is 506 g/mol. The Hall–Kier alpha value is -3.49. The van der Waals surface area contributed by atoms with Crippen molar-refractivity contribution in [3.8, 4) is 23.2 Å². The van der Waals surface area contributed by atoms with E-state index in [4.69, 9.17) is 30.8 Å². The van der Waals surface area contributed by atoms with Crippen LogP contribution in [0.2, 0.25) is 5.02 Å². The fraction of sp³-hybridized carbons (Fsp3) is 0.407. The molecule has 1 saturated heterocycles. The van der Waals surface area contributed by atoms with E-state index in [2.05, 4.69) is 44.6 Å². The Bertz CT molecular complexity index is 1340. The highest BCUT2D eigenvalue weighted by Gasteiger charge is 2.37. The molecule has 10 nitrogen and oxygen atoms in total. The summed E-state index contributed by atoms with van der Waals surface area (Å²) in [6, 6.07) is 9.80. The van der Waals surface area contributed by atoms with E-state index in [1.807, 2.05) is 12.1 Å². The standard InChI is InChI=1S/C27H30ClN7O3/c1-27(17-38-10-7-35-5-8-37-9-6-35)16-32-24-19(14-29)11-18(12-21(24)27)22-3-4-30-26(33-22)34-23-13-20(28)15-31-25(23)36-2/h3-4,11-13,15,32H,5-10,16-17H2,1-2H3,(H,30,33,34). The van der Waals surface area contributed by atoms with Gasteiger partial charge >= 0.3 is 0 Å². The molecule has 5 rings (SSSR count). The van der Waals surface area contributed by atoms with Crippen LogP contribution in [0.3, 0.4) is 0 Å². The van der Waals surface area contributed by atoms with E-state index >= 15 is 0 Å². The molecule has 1 atom stereocenters. The molecule has 0 amide bonds. The van der Waals surface area contributed by atoms with E-state index in [1.165, 1.54) is 13.3 Å². The van der Waals surface area contributed by atoms with E-state index in [0.29, 0.717) is 53.6 Å². The van der Waals surface area contributed by atoms with Gasteiger partial charge in [-0.15, -0.1) is 0 Å². The van der Waals surface area contributed by atoms with Gasteiger partial charge in [-0.25, -0.2) is 15.0 Å². The molecule has 1 fully saturated rings. The lowest BCUT2D eigenvalue weighted by Gasteiger charge is -2.28. The maximum atomic E-state index is 9.92. The smallest absolute Gasteiger partial charge is 0.237 e. The van der Waals surface area contributed by atoms with Crippen molar-refractivity contribution in [2.75, 3.05) is 70.3 Å². The average molecular weight is 536 g/mol. The average Bonchev–Trinajstić information content (AvgIpc) is 3.28. The lowest BCUT2D eigenvalue weighted by Crippen LogP contribution is -2.39. The Morgan fingerprint density at radius 1 is 1.26 bits per heavy atom. The summed E-state index contributed by atoms with van der Waals surface area (Å²) >= 11 is 6.11. The summed E-state index contributed by atoms with van der Waals surface area (Å²) in [5, 5.41) is 16.9. The van der Waals surface area contributed by atoms with Gasteiger partial charge in [-0.1, -0.05) is 18.5 Å². The van der Waals surface area contributed by atoms with Gasteiger partial charge in [-0.05, 0) is 29.8 Å². The first-order chi connectivity index (χ1) is 18.5. The molecule has 0 radical (unpaired) electrons. The molecule has 2 aromatic heterocycles. The monoisotopic (exact) mass is 535 g/mol. The number of anilines is 3. The number of fused-ring (bicyclic) bond motifs is 1. The molecule has 1 aromatic carbocycles. The van der Waals surface area contributed by atoms with Crippen LogP contribution in [0.25, 0.3) is 11.3 Å².